The standard InChI is InChI=1S/C23H25NO/c24-17-23(22-9-5-2-6-10-22)25-18-21-15-13-20(14-16-21)12-11-19-7-3-1-4-8-19/h1-10,13-16,23H,11-12,17-18,24H2/t23-/m0/s1. The highest BCUT2D eigenvalue weighted by atomic mass is 16.5. The molecule has 0 saturated carbocycles. The summed E-state index contributed by atoms with van der Waals surface area (Å²) in [5, 5.41) is 0. The summed E-state index contributed by atoms with van der Waals surface area (Å²) in [6.45, 7) is 1.06. The molecule has 0 aliphatic rings. The van der Waals surface area contributed by atoms with Crippen molar-refractivity contribution in [2.75, 3.05) is 6.54 Å². The highest BCUT2D eigenvalue weighted by Gasteiger charge is 2.09. The highest BCUT2D eigenvalue weighted by molar-refractivity contribution is 5.24. The Morgan fingerprint density at radius 2 is 1.16 bits per heavy atom. The first-order valence-electron chi connectivity index (χ1n) is 8.83. The minimum absolute atomic E-state index is 0.0565. The molecule has 0 unspecified atom stereocenters. The average molecular weight is 331 g/mol. The van der Waals surface area contributed by atoms with Crippen LogP contribution in [-0.4, -0.2) is 6.54 Å². The Hall–Kier alpha value is -2.42. The van der Waals surface area contributed by atoms with Crippen LogP contribution in [0.25, 0.3) is 0 Å². The molecule has 0 spiro atoms. The third-order valence-corrected chi connectivity index (χ3v) is 4.40. The van der Waals surface area contributed by atoms with Crippen LogP contribution in [0.15, 0.2) is 84.9 Å². The fraction of sp³-hybridized carbons (Fsp3) is 0.217. The predicted molar refractivity (Wildman–Crippen MR) is 103 cm³/mol. The van der Waals surface area contributed by atoms with Crippen molar-refractivity contribution < 1.29 is 4.74 Å². The van der Waals surface area contributed by atoms with Crippen molar-refractivity contribution in [2.24, 2.45) is 5.73 Å². The SMILES string of the molecule is NC[C@H](OCc1ccc(CCc2ccccc2)cc1)c1ccccc1. The number of hydrogen-bond acceptors (Lipinski definition) is 2. The summed E-state index contributed by atoms with van der Waals surface area (Å²) in [5.74, 6) is 0. The summed E-state index contributed by atoms with van der Waals surface area (Å²) in [4.78, 5) is 0. The van der Waals surface area contributed by atoms with Crippen molar-refractivity contribution in [1.29, 1.82) is 0 Å². The molecule has 1 atom stereocenters. The molecular formula is C23H25NO. The molecule has 25 heavy (non-hydrogen) atoms. The van der Waals surface area contributed by atoms with Crippen LogP contribution >= 0.6 is 0 Å². The maximum absolute atomic E-state index is 6.01. The van der Waals surface area contributed by atoms with Crippen molar-refractivity contribution in [3.8, 4) is 0 Å². The van der Waals surface area contributed by atoms with E-state index in [2.05, 4.69) is 66.7 Å². The van der Waals surface area contributed by atoms with Crippen molar-refractivity contribution in [3.05, 3.63) is 107 Å². The first kappa shape index (κ1) is 17.4. The van der Waals surface area contributed by atoms with Crippen LogP contribution < -0.4 is 5.73 Å². The maximum atomic E-state index is 6.01. The summed E-state index contributed by atoms with van der Waals surface area (Å²) in [5.41, 5.74) is 10.9. The number of benzene rings is 3. The first-order chi connectivity index (χ1) is 12.3. The lowest BCUT2D eigenvalue weighted by Crippen LogP contribution is -2.15. The molecule has 2 N–H and O–H groups in total. The van der Waals surface area contributed by atoms with Gasteiger partial charge in [0.2, 0.25) is 0 Å². The van der Waals surface area contributed by atoms with E-state index in [1.54, 1.807) is 0 Å². The molecule has 0 heterocycles. The van der Waals surface area contributed by atoms with E-state index in [9.17, 15) is 0 Å². The van der Waals surface area contributed by atoms with E-state index < -0.39 is 0 Å². The van der Waals surface area contributed by atoms with E-state index in [-0.39, 0.29) is 6.10 Å². The monoisotopic (exact) mass is 331 g/mol. The number of rotatable bonds is 8. The molecule has 3 rings (SSSR count). The van der Waals surface area contributed by atoms with Crippen LogP contribution in [0.1, 0.15) is 28.4 Å². The topological polar surface area (TPSA) is 35.2 Å². The van der Waals surface area contributed by atoms with Gasteiger partial charge in [-0.2, -0.15) is 0 Å². The van der Waals surface area contributed by atoms with Gasteiger partial charge in [0.05, 0.1) is 12.7 Å². The summed E-state index contributed by atoms with van der Waals surface area (Å²) in [7, 11) is 0. The fourth-order valence-electron chi connectivity index (χ4n) is 2.90. The van der Waals surface area contributed by atoms with Gasteiger partial charge in [-0.15, -0.1) is 0 Å². The van der Waals surface area contributed by atoms with Gasteiger partial charge in [0.1, 0.15) is 0 Å². The lowest BCUT2D eigenvalue weighted by Gasteiger charge is -2.16. The molecule has 128 valence electrons. The third kappa shape index (κ3) is 5.28. The van der Waals surface area contributed by atoms with Gasteiger partial charge in [-0.3, -0.25) is 0 Å². The smallest absolute Gasteiger partial charge is 0.0951 e. The largest absolute Gasteiger partial charge is 0.368 e. The summed E-state index contributed by atoms with van der Waals surface area (Å²) < 4.78 is 6.01. The van der Waals surface area contributed by atoms with Crippen molar-refractivity contribution in [2.45, 2.75) is 25.6 Å². The zero-order valence-corrected chi connectivity index (χ0v) is 14.5. The molecule has 0 bridgehead atoms. The van der Waals surface area contributed by atoms with E-state index in [1.807, 2.05) is 18.2 Å². The normalized spacial score (nSPS) is 12.0. The van der Waals surface area contributed by atoms with Crippen LogP contribution in [0.3, 0.4) is 0 Å². The van der Waals surface area contributed by atoms with E-state index in [4.69, 9.17) is 10.5 Å². The van der Waals surface area contributed by atoms with Crippen LogP contribution in [0.4, 0.5) is 0 Å². The minimum Gasteiger partial charge on any atom is -0.368 e. The molecule has 0 aliphatic carbocycles. The second-order valence-electron chi connectivity index (χ2n) is 6.25. The molecule has 2 heteroatoms. The molecule has 0 fully saturated rings. The van der Waals surface area contributed by atoms with Crippen LogP contribution in [0, 0.1) is 0 Å². The summed E-state index contributed by atoms with van der Waals surface area (Å²) in [6.07, 6.45) is 2.07. The lowest BCUT2D eigenvalue weighted by atomic mass is 10.0. The second-order valence-corrected chi connectivity index (χ2v) is 6.25. The Labute approximate surface area is 150 Å². The van der Waals surface area contributed by atoms with Crippen LogP contribution in [0.2, 0.25) is 0 Å². The Morgan fingerprint density at radius 1 is 0.640 bits per heavy atom. The van der Waals surface area contributed by atoms with Gasteiger partial charge < -0.3 is 10.5 Å². The maximum Gasteiger partial charge on any atom is 0.0951 e. The predicted octanol–water partition coefficient (Wildman–Crippen LogP) is 4.69. The summed E-state index contributed by atoms with van der Waals surface area (Å²) in [6, 6.07) is 29.5. The van der Waals surface area contributed by atoms with E-state index in [1.165, 1.54) is 16.7 Å². The van der Waals surface area contributed by atoms with Gasteiger partial charge in [0, 0.05) is 6.54 Å². The third-order valence-electron chi connectivity index (χ3n) is 4.40. The van der Waals surface area contributed by atoms with E-state index >= 15 is 0 Å². The number of hydrogen-bond donors (Lipinski definition) is 1. The zero-order valence-electron chi connectivity index (χ0n) is 14.5. The molecular weight excluding hydrogens is 306 g/mol. The number of aryl methyl sites for hydroxylation is 2. The van der Waals surface area contributed by atoms with Gasteiger partial charge >= 0.3 is 0 Å². The Kier molecular flexibility index (Phi) is 6.38. The number of ether oxygens (including phenoxy) is 1. The van der Waals surface area contributed by atoms with Crippen LogP contribution in [0.5, 0.6) is 0 Å². The zero-order chi connectivity index (χ0) is 17.3. The molecule has 0 radical (unpaired) electrons. The highest BCUT2D eigenvalue weighted by Crippen LogP contribution is 2.18. The molecule has 2 nitrogen and oxygen atoms in total. The Bertz CT molecular complexity index is 738. The molecule has 0 amide bonds. The second kappa shape index (κ2) is 9.16. The lowest BCUT2D eigenvalue weighted by molar-refractivity contribution is 0.0456. The van der Waals surface area contributed by atoms with Crippen LogP contribution in [-0.2, 0) is 24.2 Å². The van der Waals surface area contributed by atoms with Crippen molar-refractivity contribution >= 4 is 0 Å². The molecule has 0 saturated heterocycles. The molecule has 0 aliphatic heterocycles. The first-order valence-corrected chi connectivity index (χ1v) is 8.83. The molecule has 3 aromatic rings. The van der Waals surface area contributed by atoms with Gasteiger partial charge in [-0.1, -0.05) is 84.9 Å². The van der Waals surface area contributed by atoms with Gasteiger partial charge in [-0.05, 0) is 35.1 Å². The molecule has 0 aromatic heterocycles. The van der Waals surface area contributed by atoms with Crippen molar-refractivity contribution in [3.63, 3.8) is 0 Å². The quantitative estimate of drug-likeness (QED) is 0.650. The summed E-state index contributed by atoms with van der Waals surface area (Å²) >= 11 is 0. The van der Waals surface area contributed by atoms with Gasteiger partial charge in [0.15, 0.2) is 0 Å². The van der Waals surface area contributed by atoms with Gasteiger partial charge in [-0.25, -0.2) is 0 Å². The van der Waals surface area contributed by atoms with E-state index in [0.717, 1.165) is 18.4 Å². The Balaban J connectivity index is 1.52. The van der Waals surface area contributed by atoms with Gasteiger partial charge in [0.25, 0.3) is 0 Å². The molecule has 3 aromatic carbocycles. The average Bonchev–Trinajstić information content (AvgIpc) is 2.69. The number of nitrogens with two attached hydrogens (primary N) is 1. The van der Waals surface area contributed by atoms with E-state index in [0.29, 0.717) is 13.2 Å². The minimum atomic E-state index is -0.0565. The Morgan fingerprint density at radius 3 is 1.76 bits per heavy atom. The van der Waals surface area contributed by atoms with Crippen molar-refractivity contribution in [1.82, 2.24) is 0 Å². The fourth-order valence-corrected chi connectivity index (χ4v) is 2.90.